The summed E-state index contributed by atoms with van der Waals surface area (Å²) in [6.45, 7) is 1.04. The number of anilines is 1. The minimum Gasteiger partial charge on any atom is -0.491 e. The summed E-state index contributed by atoms with van der Waals surface area (Å²) in [5.74, 6) is -3.42. The van der Waals surface area contributed by atoms with Crippen LogP contribution in [-0.4, -0.2) is 59.5 Å². The van der Waals surface area contributed by atoms with Crippen LogP contribution in [0.15, 0.2) is 48.8 Å². The number of aliphatic hydroxyl groups is 2. The number of nitrogens with one attached hydrogen (secondary N) is 2. The maximum Gasteiger partial charge on any atom is 0.232 e. The van der Waals surface area contributed by atoms with Crippen molar-refractivity contribution in [2.24, 2.45) is 0 Å². The fourth-order valence-electron chi connectivity index (χ4n) is 3.86. The molecule has 0 saturated carbocycles. The van der Waals surface area contributed by atoms with Crippen LogP contribution in [0, 0.1) is 11.6 Å². The number of carbonyl (C=O) groups excluding carboxylic acids is 1. The number of hydrogen-bond acceptors (Lipinski definition) is 7. The number of benzene rings is 2. The highest BCUT2D eigenvalue weighted by molar-refractivity contribution is 7.92. The van der Waals surface area contributed by atoms with Crippen LogP contribution < -0.4 is 9.46 Å². The Balaban J connectivity index is 1.70. The first kappa shape index (κ1) is 28.4. The van der Waals surface area contributed by atoms with Crippen molar-refractivity contribution in [3.63, 3.8) is 0 Å². The van der Waals surface area contributed by atoms with Crippen LogP contribution >= 0.6 is 11.6 Å². The molecule has 0 fully saturated rings. The lowest BCUT2D eigenvalue weighted by Crippen LogP contribution is -2.21. The van der Waals surface area contributed by atoms with Crippen molar-refractivity contribution >= 4 is 44.1 Å². The molecule has 4 N–H and O–H groups in total. The molecule has 0 spiro atoms. The van der Waals surface area contributed by atoms with E-state index < -0.39 is 51.4 Å². The minimum atomic E-state index is -3.89. The van der Waals surface area contributed by atoms with Gasteiger partial charge in [0.1, 0.15) is 29.9 Å². The SMILES string of the molecule is CCCS(=O)(=O)Nc1ccc(F)c(C(=O)c2c[nH]c3ncc(-c4ccc(OCC(O)CO)cc4Cl)cc23)c1F. The number of hydrogen-bond donors (Lipinski definition) is 4. The molecule has 2 aromatic carbocycles. The second-order valence-corrected chi connectivity index (χ2v) is 10.9. The molecular formula is C26H24ClF2N3O6S. The number of aromatic amines is 1. The number of rotatable bonds is 11. The van der Waals surface area contributed by atoms with Crippen molar-refractivity contribution in [2.75, 3.05) is 23.7 Å². The molecule has 9 nitrogen and oxygen atoms in total. The van der Waals surface area contributed by atoms with Gasteiger partial charge in [-0.1, -0.05) is 18.5 Å². The van der Waals surface area contributed by atoms with E-state index >= 15 is 4.39 Å². The van der Waals surface area contributed by atoms with Gasteiger partial charge in [0, 0.05) is 34.5 Å². The average Bonchev–Trinajstić information content (AvgIpc) is 3.32. The first-order valence-electron chi connectivity index (χ1n) is 11.8. The normalized spacial score (nSPS) is 12.5. The third-order valence-electron chi connectivity index (χ3n) is 5.74. The molecule has 13 heteroatoms. The number of aliphatic hydroxyl groups excluding tert-OH is 2. The van der Waals surface area contributed by atoms with Crippen LogP contribution in [0.2, 0.25) is 5.02 Å². The Labute approximate surface area is 227 Å². The zero-order valence-electron chi connectivity index (χ0n) is 20.5. The van der Waals surface area contributed by atoms with E-state index in [1.807, 2.05) is 0 Å². The van der Waals surface area contributed by atoms with Crippen molar-refractivity contribution in [1.82, 2.24) is 9.97 Å². The third-order valence-corrected chi connectivity index (χ3v) is 7.53. The number of pyridine rings is 1. The molecule has 0 aliphatic heterocycles. The molecule has 0 bridgehead atoms. The highest BCUT2D eigenvalue weighted by atomic mass is 35.5. The number of carbonyl (C=O) groups is 1. The molecule has 4 rings (SSSR count). The Bertz CT molecular complexity index is 1640. The molecule has 2 aromatic heterocycles. The Morgan fingerprint density at radius 1 is 1.23 bits per heavy atom. The first-order valence-corrected chi connectivity index (χ1v) is 13.8. The number of nitrogens with zero attached hydrogens (tertiary/aromatic N) is 1. The van der Waals surface area contributed by atoms with Gasteiger partial charge in [-0.25, -0.2) is 22.2 Å². The molecule has 1 atom stereocenters. The Morgan fingerprint density at radius 2 is 2.00 bits per heavy atom. The molecule has 2 heterocycles. The van der Waals surface area contributed by atoms with E-state index in [0.717, 1.165) is 12.1 Å². The van der Waals surface area contributed by atoms with Crippen molar-refractivity contribution in [3.8, 4) is 16.9 Å². The number of ether oxygens (including phenoxy) is 1. The number of ketones is 1. The summed E-state index contributed by atoms with van der Waals surface area (Å²) in [5, 5.41) is 18.9. The second-order valence-electron chi connectivity index (χ2n) is 8.65. The van der Waals surface area contributed by atoms with Crippen molar-refractivity contribution in [1.29, 1.82) is 0 Å². The second kappa shape index (κ2) is 11.7. The quantitative estimate of drug-likeness (QED) is 0.194. The Morgan fingerprint density at radius 3 is 2.69 bits per heavy atom. The molecule has 39 heavy (non-hydrogen) atoms. The van der Waals surface area contributed by atoms with Crippen LogP contribution in [0.4, 0.5) is 14.5 Å². The maximum absolute atomic E-state index is 15.2. The van der Waals surface area contributed by atoms with Crippen LogP contribution in [0.3, 0.4) is 0 Å². The van der Waals surface area contributed by atoms with E-state index in [1.165, 1.54) is 18.5 Å². The monoisotopic (exact) mass is 579 g/mol. The van der Waals surface area contributed by atoms with Crippen molar-refractivity contribution in [2.45, 2.75) is 19.4 Å². The summed E-state index contributed by atoms with van der Waals surface area (Å²) in [7, 11) is -3.89. The van der Waals surface area contributed by atoms with Gasteiger partial charge in [-0.2, -0.15) is 0 Å². The lowest BCUT2D eigenvalue weighted by Gasteiger charge is -2.12. The Hall–Kier alpha value is -3.58. The topological polar surface area (TPSA) is 142 Å². The Kier molecular flexibility index (Phi) is 8.50. The number of halogens is 3. The molecule has 1 unspecified atom stereocenters. The lowest BCUT2D eigenvalue weighted by atomic mass is 9.99. The van der Waals surface area contributed by atoms with Gasteiger partial charge >= 0.3 is 0 Å². The van der Waals surface area contributed by atoms with Crippen LogP contribution in [-0.2, 0) is 10.0 Å². The van der Waals surface area contributed by atoms with Crippen molar-refractivity contribution < 1.29 is 36.9 Å². The number of H-pyrrole nitrogens is 1. The lowest BCUT2D eigenvalue weighted by molar-refractivity contribution is 0.0536. The number of aromatic nitrogens is 2. The average molecular weight is 580 g/mol. The zero-order chi connectivity index (χ0) is 28.3. The van der Waals surface area contributed by atoms with E-state index in [2.05, 4.69) is 14.7 Å². The molecule has 0 amide bonds. The zero-order valence-corrected chi connectivity index (χ0v) is 22.1. The summed E-state index contributed by atoms with van der Waals surface area (Å²) in [4.78, 5) is 20.4. The smallest absolute Gasteiger partial charge is 0.232 e. The fourth-order valence-corrected chi connectivity index (χ4v) is 5.28. The summed E-state index contributed by atoms with van der Waals surface area (Å²) < 4.78 is 61.6. The van der Waals surface area contributed by atoms with Crippen LogP contribution in [0.25, 0.3) is 22.2 Å². The fraction of sp³-hybridized carbons (Fsp3) is 0.231. The van der Waals surface area contributed by atoms with Gasteiger partial charge in [-0.3, -0.25) is 9.52 Å². The van der Waals surface area contributed by atoms with Crippen molar-refractivity contribution in [3.05, 3.63) is 76.6 Å². The largest absolute Gasteiger partial charge is 0.491 e. The van der Waals surface area contributed by atoms with Crippen LogP contribution in [0.5, 0.6) is 5.75 Å². The molecular weight excluding hydrogens is 556 g/mol. The van der Waals surface area contributed by atoms with Crippen LogP contribution in [0.1, 0.15) is 29.3 Å². The van der Waals surface area contributed by atoms with Gasteiger partial charge in [0.15, 0.2) is 5.82 Å². The highest BCUT2D eigenvalue weighted by Gasteiger charge is 2.26. The molecule has 4 aromatic rings. The van der Waals surface area contributed by atoms with Gasteiger partial charge in [0.05, 0.1) is 28.6 Å². The predicted molar refractivity (Wildman–Crippen MR) is 143 cm³/mol. The van der Waals surface area contributed by atoms with E-state index in [-0.39, 0.29) is 40.4 Å². The van der Waals surface area contributed by atoms with Gasteiger partial charge in [-0.15, -0.1) is 0 Å². The molecule has 0 saturated heterocycles. The van der Waals surface area contributed by atoms with E-state index in [0.29, 0.717) is 16.9 Å². The number of fused-ring (bicyclic) bond motifs is 1. The molecule has 0 aliphatic rings. The number of sulfonamides is 1. The summed E-state index contributed by atoms with van der Waals surface area (Å²) in [6, 6.07) is 8.04. The van der Waals surface area contributed by atoms with Gasteiger partial charge in [0.2, 0.25) is 15.8 Å². The maximum atomic E-state index is 15.2. The highest BCUT2D eigenvalue weighted by Crippen LogP contribution is 2.34. The van der Waals surface area contributed by atoms with Gasteiger partial charge < -0.3 is 19.9 Å². The summed E-state index contributed by atoms with van der Waals surface area (Å²) in [5.41, 5.74) is -0.248. The van der Waals surface area contributed by atoms with E-state index in [1.54, 1.807) is 25.1 Å². The third kappa shape index (κ3) is 6.19. The van der Waals surface area contributed by atoms with Gasteiger partial charge in [0.25, 0.3) is 0 Å². The van der Waals surface area contributed by atoms with E-state index in [9.17, 15) is 22.7 Å². The van der Waals surface area contributed by atoms with E-state index in [4.69, 9.17) is 21.4 Å². The first-order chi connectivity index (χ1) is 18.5. The summed E-state index contributed by atoms with van der Waals surface area (Å²) >= 11 is 6.42. The van der Waals surface area contributed by atoms with Gasteiger partial charge in [-0.05, 0) is 42.8 Å². The predicted octanol–water partition coefficient (Wildman–Crippen LogP) is 4.28. The standard InChI is InChI=1S/C26H24ClF2N3O6S/c1-2-7-39(36,37)32-22-6-5-21(28)23(24(22)29)25(35)19-11-31-26-18(19)8-14(10-30-26)17-4-3-16(9-20(17)27)38-13-15(34)12-33/h3-6,8-11,15,32-34H,2,7,12-13H2,1H3,(H,30,31). The summed E-state index contributed by atoms with van der Waals surface area (Å²) in [6.07, 6.45) is 1.99. The molecule has 0 radical (unpaired) electrons. The molecule has 0 aliphatic carbocycles. The molecule has 206 valence electrons. The minimum absolute atomic E-state index is 0.0835.